The molecule has 1 aliphatic heterocycles. The number of piperazine rings is 1. The zero-order valence-electron chi connectivity index (χ0n) is 12.4. The van der Waals surface area contributed by atoms with Crippen LogP contribution in [0.25, 0.3) is 0 Å². The molecule has 1 fully saturated rings. The van der Waals surface area contributed by atoms with Gasteiger partial charge in [0.2, 0.25) is 10.0 Å². The molecule has 0 amide bonds. The summed E-state index contributed by atoms with van der Waals surface area (Å²) in [5.74, 6) is 0. The first-order valence-electron chi connectivity index (χ1n) is 7.22. The smallest absolute Gasteiger partial charge is 0.244 e. The summed E-state index contributed by atoms with van der Waals surface area (Å²) < 4.78 is 31.7. The lowest BCUT2D eigenvalue weighted by Crippen LogP contribution is -2.48. The van der Waals surface area contributed by atoms with E-state index < -0.39 is 10.0 Å². The average Bonchev–Trinajstić information content (AvgIpc) is 3.08. The van der Waals surface area contributed by atoms with Crippen LogP contribution in [0.2, 0.25) is 0 Å². The second-order valence-corrected chi connectivity index (χ2v) is 7.19. The van der Waals surface area contributed by atoms with Crippen molar-refractivity contribution in [1.82, 2.24) is 14.4 Å². The van der Waals surface area contributed by atoms with E-state index in [-0.39, 0.29) is 10.5 Å². The molecule has 2 heterocycles. The van der Waals surface area contributed by atoms with Crippen molar-refractivity contribution >= 4 is 10.0 Å². The monoisotopic (exact) mass is 332 g/mol. The summed E-state index contributed by atoms with van der Waals surface area (Å²) in [6, 6.07) is 10.0. The minimum Gasteiger partial charge on any atom is -0.364 e. The van der Waals surface area contributed by atoms with Crippen LogP contribution < -0.4 is 0 Å². The first-order valence-corrected chi connectivity index (χ1v) is 8.66. The van der Waals surface area contributed by atoms with Crippen LogP contribution >= 0.6 is 0 Å². The van der Waals surface area contributed by atoms with Crippen LogP contribution in [-0.2, 0) is 16.6 Å². The topological polar surface area (TPSA) is 90.4 Å². The van der Waals surface area contributed by atoms with Gasteiger partial charge in [-0.1, -0.05) is 17.3 Å². The third-order valence-corrected chi connectivity index (χ3v) is 5.79. The molecule has 23 heavy (non-hydrogen) atoms. The van der Waals surface area contributed by atoms with E-state index in [1.165, 1.54) is 22.7 Å². The van der Waals surface area contributed by atoms with Crippen LogP contribution in [-0.4, -0.2) is 49.0 Å². The molecule has 0 spiro atoms. The molecule has 8 heteroatoms. The Morgan fingerprint density at radius 2 is 1.91 bits per heavy atom. The molecule has 1 saturated heterocycles. The van der Waals surface area contributed by atoms with Gasteiger partial charge in [-0.3, -0.25) is 4.90 Å². The summed E-state index contributed by atoms with van der Waals surface area (Å²) in [6.45, 7) is 2.64. The van der Waals surface area contributed by atoms with Gasteiger partial charge < -0.3 is 4.52 Å². The van der Waals surface area contributed by atoms with E-state index in [1.807, 2.05) is 6.07 Å². The average molecular weight is 332 g/mol. The van der Waals surface area contributed by atoms with Crippen molar-refractivity contribution in [3.63, 3.8) is 0 Å². The molecule has 0 bridgehead atoms. The van der Waals surface area contributed by atoms with Crippen molar-refractivity contribution in [1.29, 1.82) is 5.26 Å². The Hall–Kier alpha value is -2.21. The van der Waals surface area contributed by atoms with E-state index in [0.29, 0.717) is 32.7 Å². The number of hydrogen-bond acceptors (Lipinski definition) is 6. The van der Waals surface area contributed by atoms with E-state index in [9.17, 15) is 8.42 Å². The van der Waals surface area contributed by atoms with E-state index >= 15 is 0 Å². The molecular formula is C15H16N4O3S. The van der Waals surface area contributed by atoms with Crippen molar-refractivity contribution in [3.8, 4) is 6.07 Å². The molecule has 2 aromatic rings. The van der Waals surface area contributed by atoms with Gasteiger partial charge in [-0.05, 0) is 12.1 Å². The quantitative estimate of drug-likeness (QED) is 0.831. The maximum atomic E-state index is 12.7. The normalized spacial score (nSPS) is 17.0. The van der Waals surface area contributed by atoms with Crippen molar-refractivity contribution in [2.75, 3.05) is 26.2 Å². The molecule has 0 saturated carbocycles. The third kappa shape index (κ3) is 3.27. The van der Waals surface area contributed by atoms with Crippen LogP contribution in [0.1, 0.15) is 11.3 Å². The van der Waals surface area contributed by atoms with Crippen molar-refractivity contribution in [2.24, 2.45) is 0 Å². The minimum absolute atomic E-state index is 0.0763. The summed E-state index contributed by atoms with van der Waals surface area (Å²) in [7, 11) is -3.64. The Morgan fingerprint density at radius 3 is 2.57 bits per heavy atom. The number of sulfonamides is 1. The fourth-order valence-electron chi connectivity index (χ4n) is 2.60. The number of hydrogen-bond donors (Lipinski definition) is 0. The molecule has 1 aliphatic rings. The van der Waals surface area contributed by atoms with Gasteiger partial charge in [-0.15, -0.1) is 0 Å². The Morgan fingerprint density at radius 1 is 1.17 bits per heavy atom. The van der Waals surface area contributed by atoms with Gasteiger partial charge in [0.1, 0.15) is 12.3 Å². The summed E-state index contributed by atoms with van der Waals surface area (Å²) in [6.07, 6.45) is 1.52. The van der Waals surface area contributed by atoms with Crippen molar-refractivity contribution in [3.05, 3.63) is 47.9 Å². The number of nitriles is 1. The molecule has 0 aliphatic carbocycles. The zero-order valence-corrected chi connectivity index (χ0v) is 13.2. The predicted molar refractivity (Wildman–Crippen MR) is 81.7 cm³/mol. The standard InChI is InChI=1S/C15H16N4O3S/c16-11-13-3-1-2-4-15(13)23(20,21)19-8-6-18(7-9-19)12-14-5-10-22-17-14/h1-5,10H,6-9,12H2. The van der Waals surface area contributed by atoms with Gasteiger partial charge in [-0.2, -0.15) is 9.57 Å². The van der Waals surface area contributed by atoms with Gasteiger partial charge in [0, 0.05) is 38.8 Å². The number of benzene rings is 1. The van der Waals surface area contributed by atoms with Gasteiger partial charge in [0.25, 0.3) is 0 Å². The lowest BCUT2D eigenvalue weighted by Gasteiger charge is -2.33. The van der Waals surface area contributed by atoms with Gasteiger partial charge in [0.05, 0.1) is 16.2 Å². The van der Waals surface area contributed by atoms with E-state index in [2.05, 4.69) is 10.1 Å². The largest absolute Gasteiger partial charge is 0.364 e. The highest BCUT2D eigenvalue weighted by Crippen LogP contribution is 2.21. The lowest BCUT2D eigenvalue weighted by atomic mass is 10.2. The van der Waals surface area contributed by atoms with E-state index in [0.717, 1.165) is 5.69 Å². The maximum Gasteiger partial charge on any atom is 0.244 e. The fourth-order valence-corrected chi connectivity index (χ4v) is 4.16. The van der Waals surface area contributed by atoms with Crippen LogP contribution in [0.3, 0.4) is 0 Å². The van der Waals surface area contributed by atoms with Crippen molar-refractivity contribution < 1.29 is 12.9 Å². The van der Waals surface area contributed by atoms with Gasteiger partial charge >= 0.3 is 0 Å². The third-order valence-electron chi connectivity index (χ3n) is 3.83. The molecular weight excluding hydrogens is 316 g/mol. The molecule has 0 atom stereocenters. The predicted octanol–water partition coefficient (Wildman–Crippen LogP) is 1.05. The Labute approximate surface area is 134 Å². The Kier molecular flexibility index (Phi) is 4.43. The molecule has 0 radical (unpaired) electrons. The maximum absolute atomic E-state index is 12.7. The Bertz CT molecular complexity index is 803. The van der Waals surface area contributed by atoms with Gasteiger partial charge in [0.15, 0.2) is 0 Å². The number of rotatable bonds is 4. The van der Waals surface area contributed by atoms with E-state index in [1.54, 1.807) is 18.2 Å². The van der Waals surface area contributed by atoms with Gasteiger partial charge in [-0.25, -0.2) is 8.42 Å². The van der Waals surface area contributed by atoms with Crippen molar-refractivity contribution in [2.45, 2.75) is 11.4 Å². The first-order chi connectivity index (χ1) is 11.1. The fraction of sp³-hybridized carbons (Fsp3) is 0.333. The van der Waals surface area contributed by atoms with Crippen LogP contribution in [0.15, 0.2) is 46.0 Å². The molecule has 1 aromatic heterocycles. The molecule has 0 N–H and O–H groups in total. The molecule has 0 unspecified atom stereocenters. The Balaban J connectivity index is 1.70. The van der Waals surface area contributed by atoms with Crippen LogP contribution in [0.5, 0.6) is 0 Å². The SMILES string of the molecule is N#Cc1ccccc1S(=O)(=O)N1CCN(Cc2ccon2)CC1. The molecule has 7 nitrogen and oxygen atoms in total. The number of aromatic nitrogens is 1. The van der Waals surface area contributed by atoms with Crippen LogP contribution in [0.4, 0.5) is 0 Å². The molecule has 120 valence electrons. The minimum atomic E-state index is -3.64. The lowest BCUT2D eigenvalue weighted by molar-refractivity contribution is 0.178. The summed E-state index contributed by atoms with van der Waals surface area (Å²) in [4.78, 5) is 2.20. The highest BCUT2D eigenvalue weighted by molar-refractivity contribution is 7.89. The highest BCUT2D eigenvalue weighted by atomic mass is 32.2. The highest BCUT2D eigenvalue weighted by Gasteiger charge is 2.30. The second kappa shape index (κ2) is 6.50. The molecule has 1 aromatic carbocycles. The summed E-state index contributed by atoms with van der Waals surface area (Å²) in [5, 5.41) is 13.0. The summed E-state index contributed by atoms with van der Waals surface area (Å²) in [5.41, 5.74) is 1.01. The second-order valence-electron chi connectivity index (χ2n) is 5.28. The van der Waals surface area contributed by atoms with Crippen LogP contribution in [0, 0.1) is 11.3 Å². The zero-order chi connectivity index (χ0) is 16.3. The number of nitrogens with zero attached hydrogens (tertiary/aromatic N) is 4. The molecule has 3 rings (SSSR count). The first kappa shape index (κ1) is 15.7. The summed E-state index contributed by atoms with van der Waals surface area (Å²) >= 11 is 0. The van der Waals surface area contributed by atoms with E-state index in [4.69, 9.17) is 9.78 Å².